The van der Waals surface area contributed by atoms with Crippen molar-refractivity contribution in [2.75, 3.05) is 38.2 Å². The Morgan fingerprint density at radius 2 is 2.09 bits per heavy atom. The highest BCUT2D eigenvalue weighted by molar-refractivity contribution is 7.89. The van der Waals surface area contributed by atoms with Crippen LogP contribution >= 0.6 is 12.2 Å². The Kier molecular flexibility index (Phi) is 7.73. The fourth-order valence-corrected chi connectivity index (χ4v) is 4.15. The molecule has 1 saturated heterocycles. The average Bonchev–Trinajstić information content (AvgIpc) is 3.03. The van der Waals surface area contributed by atoms with E-state index in [1.165, 1.54) is 12.1 Å². The second-order valence-corrected chi connectivity index (χ2v) is 9.15. The minimum atomic E-state index is -3.83. The Morgan fingerprint density at radius 1 is 1.38 bits per heavy atom. The Morgan fingerprint density at radius 3 is 2.75 bits per heavy atom. The molecular formula is C18H25N7O5S2. The number of nitrogens with zero attached hydrogens (tertiary/aromatic N) is 4. The molecule has 12 nitrogen and oxygen atoms in total. The maximum absolute atomic E-state index is 11.7. The molecule has 2 aromatic rings. The molecule has 0 bridgehead atoms. The number of nitrogens with one attached hydrogen (secondary N) is 2. The second kappa shape index (κ2) is 10.3. The number of morpholine rings is 1. The van der Waals surface area contributed by atoms with Crippen molar-refractivity contribution in [2.24, 2.45) is 5.14 Å². The van der Waals surface area contributed by atoms with Crippen LogP contribution in [0.5, 0.6) is 0 Å². The van der Waals surface area contributed by atoms with Gasteiger partial charge in [-0.05, 0) is 35.3 Å². The van der Waals surface area contributed by atoms with Crippen molar-refractivity contribution in [1.82, 2.24) is 19.8 Å². The first kappa shape index (κ1) is 24.0. The number of aromatic nitrogens is 2. The Balaban J connectivity index is 1.61. The van der Waals surface area contributed by atoms with Gasteiger partial charge in [0.2, 0.25) is 10.0 Å². The molecule has 0 aliphatic carbocycles. The molecule has 0 saturated carbocycles. The summed E-state index contributed by atoms with van der Waals surface area (Å²) < 4.78 is 29.8. The van der Waals surface area contributed by atoms with E-state index in [1.54, 1.807) is 23.6 Å². The normalized spacial score (nSPS) is 14.8. The number of hydrogen-bond donors (Lipinski definition) is 3. The molecule has 1 aromatic carbocycles. The van der Waals surface area contributed by atoms with Crippen molar-refractivity contribution in [3.05, 3.63) is 45.9 Å². The number of nitrogens with two attached hydrogens (primary N) is 1. The smallest absolute Gasteiger partial charge is 0.347 e. The third-order valence-electron chi connectivity index (χ3n) is 4.89. The van der Waals surface area contributed by atoms with E-state index >= 15 is 0 Å². The first-order valence-electron chi connectivity index (χ1n) is 9.83. The van der Waals surface area contributed by atoms with Crippen molar-refractivity contribution in [3.8, 4) is 0 Å². The molecule has 3 rings (SSSR count). The van der Waals surface area contributed by atoms with Crippen molar-refractivity contribution in [3.63, 3.8) is 0 Å². The molecule has 1 aliphatic rings. The molecule has 1 fully saturated rings. The van der Waals surface area contributed by atoms with Gasteiger partial charge in [-0.1, -0.05) is 6.07 Å². The van der Waals surface area contributed by atoms with E-state index < -0.39 is 14.9 Å². The van der Waals surface area contributed by atoms with Crippen molar-refractivity contribution >= 4 is 38.9 Å². The summed E-state index contributed by atoms with van der Waals surface area (Å²) >= 11 is 5.24. The highest BCUT2D eigenvalue weighted by Gasteiger charge is 2.27. The summed E-state index contributed by atoms with van der Waals surface area (Å²) in [7, 11) is -3.83. The lowest BCUT2D eigenvalue weighted by molar-refractivity contribution is -0.393. The van der Waals surface area contributed by atoms with E-state index in [9.17, 15) is 18.5 Å². The maximum atomic E-state index is 11.7. The molecule has 4 N–H and O–H groups in total. The van der Waals surface area contributed by atoms with Crippen molar-refractivity contribution < 1.29 is 18.1 Å². The summed E-state index contributed by atoms with van der Waals surface area (Å²) in [5, 5.41) is 22.9. The topological polar surface area (TPSA) is 158 Å². The third-order valence-corrected chi connectivity index (χ3v) is 6.05. The standard InChI is InChI=1S/C18H25N7O5S2/c1-13-21-16(12-23-7-9-30-10-8-23)17(25(26)27)24(13)6-5-20-18(31)22-14-3-2-4-15(11-14)32(19,28)29/h2-4,11H,5-10,12H2,1H3,(H2,19,28,29)(H2,20,22,31). The number of thiocarbonyl (C=S) groups is 1. The third kappa shape index (κ3) is 6.20. The number of ether oxygens (including phenoxy) is 1. The lowest BCUT2D eigenvalue weighted by Crippen LogP contribution is -2.36. The molecule has 0 atom stereocenters. The zero-order valence-electron chi connectivity index (χ0n) is 17.5. The predicted octanol–water partition coefficient (Wildman–Crippen LogP) is 0.566. The average molecular weight is 484 g/mol. The lowest BCUT2D eigenvalue weighted by Gasteiger charge is -2.25. The number of sulfonamides is 1. The number of anilines is 1. The van der Waals surface area contributed by atoms with Crippen LogP contribution in [0.15, 0.2) is 29.2 Å². The Labute approximate surface area is 190 Å². The molecule has 32 heavy (non-hydrogen) atoms. The van der Waals surface area contributed by atoms with Gasteiger partial charge in [0, 0.05) is 32.2 Å². The zero-order chi connectivity index (χ0) is 23.3. The first-order valence-corrected chi connectivity index (χ1v) is 11.8. The largest absolute Gasteiger partial charge is 0.379 e. The number of imidazole rings is 1. The van der Waals surface area contributed by atoms with Crippen LogP contribution in [0.1, 0.15) is 11.5 Å². The zero-order valence-corrected chi connectivity index (χ0v) is 19.1. The van der Waals surface area contributed by atoms with E-state index in [4.69, 9.17) is 22.1 Å². The van der Waals surface area contributed by atoms with Gasteiger partial charge in [0.25, 0.3) is 0 Å². The number of hydrogen-bond acceptors (Lipinski definition) is 8. The quantitative estimate of drug-likeness (QED) is 0.275. The van der Waals surface area contributed by atoms with Crippen molar-refractivity contribution in [2.45, 2.75) is 24.9 Å². The predicted molar refractivity (Wildman–Crippen MR) is 122 cm³/mol. The molecule has 0 unspecified atom stereocenters. The van der Waals surface area contributed by atoms with Gasteiger partial charge in [0.15, 0.2) is 16.6 Å². The fraction of sp³-hybridized carbons (Fsp3) is 0.444. The molecule has 2 heterocycles. The molecule has 0 spiro atoms. The van der Waals surface area contributed by atoms with Crippen LogP contribution in [0.4, 0.5) is 11.5 Å². The fourth-order valence-electron chi connectivity index (χ4n) is 3.37. The highest BCUT2D eigenvalue weighted by atomic mass is 32.2. The van der Waals surface area contributed by atoms with Gasteiger partial charge in [-0.2, -0.15) is 0 Å². The summed E-state index contributed by atoms with van der Waals surface area (Å²) in [5.41, 5.74) is 0.876. The molecule has 0 radical (unpaired) electrons. The van der Waals surface area contributed by atoms with Crippen LogP contribution in [0.25, 0.3) is 0 Å². The highest BCUT2D eigenvalue weighted by Crippen LogP contribution is 2.22. The van der Waals surface area contributed by atoms with Gasteiger partial charge in [-0.25, -0.2) is 23.1 Å². The number of primary sulfonamides is 1. The van der Waals surface area contributed by atoms with Gasteiger partial charge < -0.3 is 25.5 Å². The molecule has 174 valence electrons. The van der Waals surface area contributed by atoms with Gasteiger partial charge in [-0.15, -0.1) is 0 Å². The van der Waals surface area contributed by atoms with E-state index in [2.05, 4.69) is 20.5 Å². The van der Waals surface area contributed by atoms with Crippen LogP contribution < -0.4 is 15.8 Å². The number of rotatable bonds is 8. The van der Waals surface area contributed by atoms with Gasteiger partial charge in [0.1, 0.15) is 6.54 Å². The van der Waals surface area contributed by atoms with E-state index in [0.29, 0.717) is 56.6 Å². The van der Waals surface area contributed by atoms with Crippen LogP contribution in [-0.2, 0) is 27.8 Å². The van der Waals surface area contributed by atoms with Gasteiger partial charge in [0.05, 0.1) is 24.7 Å². The molecular weight excluding hydrogens is 458 g/mol. The molecule has 1 aliphatic heterocycles. The van der Waals surface area contributed by atoms with Crippen LogP contribution in [-0.4, -0.2) is 65.8 Å². The summed E-state index contributed by atoms with van der Waals surface area (Å²) in [6, 6.07) is 5.93. The minimum absolute atomic E-state index is 0.0319. The van der Waals surface area contributed by atoms with E-state index in [-0.39, 0.29) is 22.4 Å². The van der Waals surface area contributed by atoms with Crippen molar-refractivity contribution in [1.29, 1.82) is 0 Å². The van der Waals surface area contributed by atoms with Crippen LogP contribution in [0.3, 0.4) is 0 Å². The minimum Gasteiger partial charge on any atom is -0.379 e. The molecule has 1 aromatic heterocycles. The lowest BCUT2D eigenvalue weighted by atomic mass is 10.3. The number of benzene rings is 1. The molecule has 14 heteroatoms. The summed E-state index contributed by atoms with van der Waals surface area (Å²) in [4.78, 5) is 17.8. The second-order valence-electron chi connectivity index (χ2n) is 7.18. The Hall–Kier alpha value is -2.65. The van der Waals surface area contributed by atoms with E-state index in [1.807, 2.05) is 0 Å². The van der Waals surface area contributed by atoms with Gasteiger partial charge in [-0.3, -0.25) is 4.90 Å². The number of aryl methyl sites for hydroxylation is 1. The van der Waals surface area contributed by atoms with Crippen LogP contribution in [0.2, 0.25) is 0 Å². The molecule has 0 amide bonds. The van der Waals surface area contributed by atoms with Crippen LogP contribution in [0, 0.1) is 17.0 Å². The monoisotopic (exact) mass is 483 g/mol. The van der Waals surface area contributed by atoms with E-state index in [0.717, 1.165) is 0 Å². The summed E-state index contributed by atoms with van der Waals surface area (Å²) in [5.74, 6) is 0.511. The number of nitro groups is 1. The SMILES string of the molecule is Cc1nc(CN2CCOCC2)c([N+](=O)[O-])n1CCNC(=S)Nc1cccc(S(N)(=O)=O)c1. The first-order chi connectivity index (χ1) is 15.1. The summed E-state index contributed by atoms with van der Waals surface area (Å²) in [6.07, 6.45) is 0. The summed E-state index contributed by atoms with van der Waals surface area (Å²) in [6.45, 7) is 5.30. The van der Waals surface area contributed by atoms with Gasteiger partial charge >= 0.3 is 5.82 Å². The Bertz CT molecular complexity index is 1100. The maximum Gasteiger partial charge on any atom is 0.347 e.